The second-order valence-electron chi connectivity index (χ2n) is 5.67. The fourth-order valence-electron chi connectivity index (χ4n) is 2.24. The van der Waals surface area contributed by atoms with E-state index in [-0.39, 0.29) is 0 Å². The minimum atomic E-state index is -0.928. The molecule has 2 nitrogen and oxygen atoms in total. The first-order chi connectivity index (χ1) is 9.92. The van der Waals surface area contributed by atoms with Crippen LogP contribution in [0.4, 0.5) is 0 Å². The topological polar surface area (TPSA) is 29.5 Å². The van der Waals surface area contributed by atoms with Crippen LogP contribution < -0.4 is 4.74 Å². The van der Waals surface area contributed by atoms with Crippen molar-refractivity contribution in [3.8, 4) is 11.5 Å². The van der Waals surface area contributed by atoms with Crippen LogP contribution in [0.2, 0.25) is 0 Å². The molecule has 0 heterocycles. The van der Waals surface area contributed by atoms with Crippen LogP contribution in [0.15, 0.2) is 55.1 Å². The van der Waals surface area contributed by atoms with Crippen molar-refractivity contribution in [3.05, 3.63) is 71.8 Å². The Morgan fingerprint density at radius 3 is 2.67 bits per heavy atom. The second-order valence-corrected chi connectivity index (χ2v) is 5.67. The lowest BCUT2D eigenvalue weighted by atomic mass is 9.92. The molecule has 1 unspecified atom stereocenters. The average molecular weight is 282 g/mol. The molecule has 2 heteroatoms. The maximum absolute atomic E-state index is 10.4. The molecule has 0 aliphatic heterocycles. The molecule has 0 aliphatic carbocycles. The third-order valence-electron chi connectivity index (χ3n) is 3.57. The average Bonchev–Trinajstić information content (AvgIpc) is 2.43. The molecule has 1 N–H and O–H groups in total. The molecule has 0 aliphatic rings. The van der Waals surface area contributed by atoms with Crippen molar-refractivity contribution in [1.29, 1.82) is 0 Å². The molecule has 0 saturated heterocycles. The van der Waals surface area contributed by atoms with E-state index < -0.39 is 5.60 Å². The summed E-state index contributed by atoms with van der Waals surface area (Å²) in [6.45, 7) is 9.53. The van der Waals surface area contributed by atoms with E-state index in [2.05, 4.69) is 12.6 Å². The van der Waals surface area contributed by atoms with Gasteiger partial charge in [0.2, 0.25) is 0 Å². The molecule has 1 atom stereocenters. The number of hydrogen-bond donors (Lipinski definition) is 1. The van der Waals surface area contributed by atoms with Crippen molar-refractivity contribution in [2.24, 2.45) is 0 Å². The van der Waals surface area contributed by atoms with Gasteiger partial charge in [-0.25, -0.2) is 0 Å². The Balaban J connectivity index is 2.29. The summed E-state index contributed by atoms with van der Waals surface area (Å²) < 4.78 is 5.97. The van der Waals surface area contributed by atoms with E-state index in [1.165, 1.54) is 0 Å². The SMILES string of the molecule is C=CCC(C)(O)c1cccc(Oc2cc(C)ccc2C)c1. The highest BCUT2D eigenvalue weighted by molar-refractivity contribution is 5.41. The number of ether oxygens (including phenoxy) is 1. The molecule has 2 rings (SSSR count). The first-order valence-electron chi connectivity index (χ1n) is 7.11. The Labute approximate surface area is 126 Å². The van der Waals surface area contributed by atoms with Crippen LogP contribution in [0.5, 0.6) is 11.5 Å². The maximum atomic E-state index is 10.4. The number of rotatable bonds is 5. The van der Waals surface area contributed by atoms with E-state index in [0.29, 0.717) is 6.42 Å². The van der Waals surface area contributed by atoms with Crippen LogP contribution in [0.1, 0.15) is 30.0 Å². The van der Waals surface area contributed by atoms with Gasteiger partial charge in [-0.3, -0.25) is 0 Å². The highest BCUT2D eigenvalue weighted by Crippen LogP contribution is 2.31. The Morgan fingerprint density at radius 1 is 1.19 bits per heavy atom. The zero-order chi connectivity index (χ0) is 15.5. The first kappa shape index (κ1) is 15.3. The lowest BCUT2D eigenvalue weighted by Crippen LogP contribution is -2.19. The van der Waals surface area contributed by atoms with Gasteiger partial charge in [-0.2, -0.15) is 0 Å². The van der Waals surface area contributed by atoms with E-state index in [9.17, 15) is 5.11 Å². The molecule has 0 saturated carbocycles. The molecular formula is C19H22O2. The Hall–Kier alpha value is -2.06. The van der Waals surface area contributed by atoms with Crippen LogP contribution in [-0.4, -0.2) is 5.11 Å². The third kappa shape index (κ3) is 3.73. The first-order valence-corrected chi connectivity index (χ1v) is 7.11. The minimum absolute atomic E-state index is 0.500. The Kier molecular flexibility index (Phi) is 4.49. The largest absolute Gasteiger partial charge is 0.457 e. The van der Waals surface area contributed by atoms with E-state index in [1.807, 2.05) is 50.2 Å². The fourth-order valence-corrected chi connectivity index (χ4v) is 2.24. The number of aliphatic hydroxyl groups is 1. The van der Waals surface area contributed by atoms with Crippen molar-refractivity contribution >= 4 is 0 Å². The van der Waals surface area contributed by atoms with Gasteiger partial charge < -0.3 is 9.84 Å². The Morgan fingerprint density at radius 2 is 1.95 bits per heavy atom. The number of hydrogen-bond acceptors (Lipinski definition) is 2. The van der Waals surface area contributed by atoms with Crippen LogP contribution in [-0.2, 0) is 5.60 Å². The van der Waals surface area contributed by atoms with Crippen LogP contribution in [0, 0.1) is 13.8 Å². The molecule has 110 valence electrons. The van der Waals surface area contributed by atoms with Gasteiger partial charge in [0.1, 0.15) is 11.5 Å². The summed E-state index contributed by atoms with van der Waals surface area (Å²) >= 11 is 0. The van der Waals surface area contributed by atoms with Crippen LogP contribution in [0.3, 0.4) is 0 Å². The van der Waals surface area contributed by atoms with Gasteiger partial charge in [0.15, 0.2) is 0 Å². The summed E-state index contributed by atoms with van der Waals surface area (Å²) in [5, 5.41) is 10.4. The van der Waals surface area contributed by atoms with E-state index in [0.717, 1.165) is 28.2 Å². The summed E-state index contributed by atoms with van der Waals surface area (Å²) in [7, 11) is 0. The van der Waals surface area contributed by atoms with Crippen molar-refractivity contribution in [3.63, 3.8) is 0 Å². The molecule has 21 heavy (non-hydrogen) atoms. The van der Waals surface area contributed by atoms with Gasteiger partial charge in [0, 0.05) is 0 Å². The van der Waals surface area contributed by atoms with Crippen molar-refractivity contribution < 1.29 is 9.84 Å². The summed E-state index contributed by atoms with van der Waals surface area (Å²) in [6.07, 6.45) is 2.22. The lowest BCUT2D eigenvalue weighted by molar-refractivity contribution is 0.0604. The fraction of sp³-hybridized carbons (Fsp3) is 0.263. The molecule has 0 bridgehead atoms. The maximum Gasteiger partial charge on any atom is 0.130 e. The zero-order valence-electron chi connectivity index (χ0n) is 12.9. The van der Waals surface area contributed by atoms with Gasteiger partial charge in [0.25, 0.3) is 0 Å². The van der Waals surface area contributed by atoms with Gasteiger partial charge in [0.05, 0.1) is 5.60 Å². The molecule has 2 aromatic carbocycles. The highest BCUT2D eigenvalue weighted by Gasteiger charge is 2.21. The normalized spacial score (nSPS) is 13.5. The van der Waals surface area contributed by atoms with E-state index in [1.54, 1.807) is 13.0 Å². The third-order valence-corrected chi connectivity index (χ3v) is 3.57. The summed E-state index contributed by atoms with van der Waals surface area (Å²) in [5.74, 6) is 1.57. The van der Waals surface area contributed by atoms with Gasteiger partial charge in [-0.1, -0.05) is 30.3 Å². The second kappa shape index (κ2) is 6.15. The standard InChI is InChI=1S/C19H22O2/c1-5-11-19(4,20)16-7-6-8-17(13-16)21-18-12-14(2)9-10-15(18)3/h5-10,12-13,20H,1,11H2,2-4H3. The molecule has 0 amide bonds. The van der Waals surface area contributed by atoms with Gasteiger partial charge in [-0.15, -0.1) is 6.58 Å². The molecule has 0 spiro atoms. The number of aryl methyl sites for hydroxylation is 2. The van der Waals surface area contributed by atoms with Crippen molar-refractivity contribution in [2.75, 3.05) is 0 Å². The molecule has 0 fully saturated rings. The van der Waals surface area contributed by atoms with Crippen LogP contribution in [0.25, 0.3) is 0 Å². The van der Waals surface area contributed by atoms with Gasteiger partial charge >= 0.3 is 0 Å². The van der Waals surface area contributed by atoms with Crippen molar-refractivity contribution in [2.45, 2.75) is 32.8 Å². The Bertz CT molecular complexity index is 642. The molecule has 2 aromatic rings. The molecule has 0 aromatic heterocycles. The van der Waals surface area contributed by atoms with Gasteiger partial charge in [-0.05, 0) is 62.1 Å². The number of benzene rings is 2. The highest BCUT2D eigenvalue weighted by atomic mass is 16.5. The zero-order valence-corrected chi connectivity index (χ0v) is 12.9. The van der Waals surface area contributed by atoms with Crippen molar-refractivity contribution in [1.82, 2.24) is 0 Å². The smallest absolute Gasteiger partial charge is 0.130 e. The van der Waals surface area contributed by atoms with E-state index in [4.69, 9.17) is 4.74 Å². The van der Waals surface area contributed by atoms with E-state index >= 15 is 0 Å². The predicted molar refractivity (Wildman–Crippen MR) is 86.8 cm³/mol. The van der Waals surface area contributed by atoms with Crippen LogP contribution >= 0.6 is 0 Å². The summed E-state index contributed by atoms with van der Waals surface area (Å²) in [4.78, 5) is 0. The summed E-state index contributed by atoms with van der Waals surface area (Å²) in [5.41, 5.74) is 2.14. The quantitative estimate of drug-likeness (QED) is 0.792. The molecule has 0 radical (unpaired) electrons. The minimum Gasteiger partial charge on any atom is -0.457 e. The lowest BCUT2D eigenvalue weighted by Gasteiger charge is -2.22. The monoisotopic (exact) mass is 282 g/mol. The summed E-state index contributed by atoms with van der Waals surface area (Å²) in [6, 6.07) is 13.7. The molecular weight excluding hydrogens is 260 g/mol. The predicted octanol–water partition coefficient (Wildman–Crippen LogP) is 4.88.